The Bertz CT molecular complexity index is 853. The first-order valence-electron chi connectivity index (χ1n) is 10.6. The number of nitrogens with one attached hydrogen (secondary N) is 1. The predicted octanol–water partition coefficient (Wildman–Crippen LogP) is 4.52. The summed E-state index contributed by atoms with van der Waals surface area (Å²) in [7, 11) is 0. The maximum absolute atomic E-state index is 13.0. The van der Waals surface area contributed by atoms with Gasteiger partial charge in [-0.05, 0) is 75.0 Å². The molecule has 1 saturated heterocycles. The number of halogens is 2. The molecule has 1 heterocycles. The molecule has 1 aromatic carbocycles. The Morgan fingerprint density at radius 2 is 1.55 bits per heavy atom. The summed E-state index contributed by atoms with van der Waals surface area (Å²) in [5.74, 6) is 0.628. The number of rotatable bonds is 3. The van der Waals surface area contributed by atoms with Crippen molar-refractivity contribution in [2.75, 3.05) is 5.32 Å². The molecule has 4 fully saturated rings. The number of fused-ring (bicyclic) bond motifs is 5. The molecule has 0 aromatic heterocycles. The van der Waals surface area contributed by atoms with Crippen molar-refractivity contribution in [3.8, 4) is 0 Å². The summed E-state index contributed by atoms with van der Waals surface area (Å²) in [4.78, 5) is 40.3. The quantitative estimate of drug-likeness (QED) is 0.710. The van der Waals surface area contributed by atoms with Gasteiger partial charge in [0.25, 0.3) is 0 Å². The van der Waals surface area contributed by atoms with Crippen molar-refractivity contribution in [2.24, 2.45) is 29.6 Å². The number of amides is 3. The number of anilines is 1. The molecule has 3 saturated carbocycles. The minimum absolute atomic E-state index is 0.0526. The number of hydrogen-bond acceptors (Lipinski definition) is 3. The lowest BCUT2D eigenvalue weighted by atomic mass is 9.81. The van der Waals surface area contributed by atoms with Crippen molar-refractivity contribution in [3.05, 3.63) is 28.2 Å². The molecule has 5 rings (SSSR count). The molecule has 154 valence electrons. The zero-order valence-electron chi connectivity index (χ0n) is 16.1. The van der Waals surface area contributed by atoms with E-state index in [2.05, 4.69) is 5.32 Å². The highest BCUT2D eigenvalue weighted by molar-refractivity contribution is 6.36. The fourth-order valence-electron chi connectivity index (χ4n) is 6.21. The van der Waals surface area contributed by atoms with Crippen molar-refractivity contribution in [2.45, 2.75) is 51.0 Å². The number of nitrogens with zero attached hydrogens (tertiary/aromatic N) is 1. The third-order valence-corrected chi connectivity index (χ3v) is 8.13. The lowest BCUT2D eigenvalue weighted by Crippen LogP contribution is -2.44. The van der Waals surface area contributed by atoms with Gasteiger partial charge in [-0.2, -0.15) is 0 Å². The van der Waals surface area contributed by atoms with Gasteiger partial charge in [-0.3, -0.25) is 19.3 Å². The van der Waals surface area contributed by atoms with Gasteiger partial charge in [0.15, 0.2) is 0 Å². The van der Waals surface area contributed by atoms with E-state index >= 15 is 0 Å². The van der Waals surface area contributed by atoms with Crippen LogP contribution in [0.1, 0.15) is 44.9 Å². The first kappa shape index (κ1) is 19.4. The first-order valence-corrected chi connectivity index (χ1v) is 11.3. The second-order valence-corrected chi connectivity index (χ2v) is 9.89. The summed E-state index contributed by atoms with van der Waals surface area (Å²) in [6, 6.07) is 4.94. The molecule has 5 nitrogen and oxygen atoms in total. The van der Waals surface area contributed by atoms with E-state index in [9.17, 15) is 14.4 Å². The lowest BCUT2D eigenvalue weighted by molar-refractivity contribution is -0.144. The van der Waals surface area contributed by atoms with E-state index in [-0.39, 0.29) is 41.5 Å². The van der Waals surface area contributed by atoms with E-state index in [1.54, 1.807) is 23.1 Å². The normalized spacial score (nSPS) is 35.9. The molecule has 7 heteroatoms. The fraction of sp³-hybridized carbons (Fsp3) is 0.591. The minimum atomic E-state index is -0.138. The van der Waals surface area contributed by atoms with Crippen molar-refractivity contribution in [3.63, 3.8) is 0 Å². The van der Waals surface area contributed by atoms with Crippen molar-refractivity contribution >= 4 is 46.6 Å². The zero-order chi connectivity index (χ0) is 20.3. The van der Waals surface area contributed by atoms with E-state index in [0.717, 1.165) is 19.3 Å². The van der Waals surface area contributed by atoms with Crippen molar-refractivity contribution in [1.29, 1.82) is 0 Å². The van der Waals surface area contributed by atoms with E-state index in [1.807, 2.05) is 0 Å². The van der Waals surface area contributed by atoms with Crippen LogP contribution in [-0.4, -0.2) is 28.7 Å². The van der Waals surface area contributed by atoms with Crippen molar-refractivity contribution in [1.82, 2.24) is 4.90 Å². The number of carbonyl (C=O) groups excluding carboxylic acids is 3. The Labute approximate surface area is 180 Å². The highest BCUT2D eigenvalue weighted by Gasteiger charge is 2.61. The van der Waals surface area contributed by atoms with E-state index in [1.165, 1.54) is 0 Å². The summed E-state index contributed by atoms with van der Waals surface area (Å²) in [5, 5.41) is 3.82. The summed E-state index contributed by atoms with van der Waals surface area (Å²) in [6.45, 7) is 0. The molecular formula is C22H24Cl2N2O3. The summed E-state index contributed by atoms with van der Waals surface area (Å²) in [6.07, 6.45) is 5.97. The molecule has 0 spiro atoms. The van der Waals surface area contributed by atoms with Gasteiger partial charge in [-0.25, -0.2) is 0 Å². The molecule has 1 aliphatic heterocycles. The fourth-order valence-corrected chi connectivity index (χ4v) is 6.67. The van der Waals surface area contributed by atoms with Crippen LogP contribution in [0, 0.1) is 29.6 Å². The van der Waals surface area contributed by atoms with Crippen LogP contribution in [-0.2, 0) is 14.4 Å². The number of imide groups is 1. The summed E-state index contributed by atoms with van der Waals surface area (Å²) in [5.41, 5.74) is 0.552. The number of carbonyl (C=O) groups is 3. The Morgan fingerprint density at radius 3 is 2.14 bits per heavy atom. The van der Waals surface area contributed by atoms with Crippen LogP contribution in [0.4, 0.5) is 5.69 Å². The van der Waals surface area contributed by atoms with E-state index < -0.39 is 0 Å². The van der Waals surface area contributed by atoms with Gasteiger partial charge >= 0.3 is 0 Å². The Morgan fingerprint density at radius 1 is 0.931 bits per heavy atom. The topological polar surface area (TPSA) is 66.5 Å². The summed E-state index contributed by atoms with van der Waals surface area (Å²) < 4.78 is 0. The number of likely N-dealkylation sites (tertiary alicyclic amines) is 1. The molecule has 1 aromatic rings. The van der Waals surface area contributed by atoms with Gasteiger partial charge in [0.1, 0.15) is 0 Å². The van der Waals surface area contributed by atoms with Gasteiger partial charge in [-0.15, -0.1) is 0 Å². The Balaban J connectivity index is 1.21. The molecule has 4 unspecified atom stereocenters. The third kappa shape index (κ3) is 3.17. The average molecular weight is 435 g/mol. The molecule has 3 aliphatic carbocycles. The molecular weight excluding hydrogens is 411 g/mol. The van der Waals surface area contributed by atoms with Gasteiger partial charge in [0.2, 0.25) is 17.7 Å². The van der Waals surface area contributed by atoms with Crippen LogP contribution in [0.2, 0.25) is 10.0 Å². The average Bonchev–Trinajstić information content (AvgIpc) is 3.38. The predicted molar refractivity (Wildman–Crippen MR) is 111 cm³/mol. The van der Waals surface area contributed by atoms with Gasteiger partial charge in [-0.1, -0.05) is 23.2 Å². The third-order valence-electron chi connectivity index (χ3n) is 7.58. The van der Waals surface area contributed by atoms with Gasteiger partial charge < -0.3 is 5.32 Å². The monoisotopic (exact) mass is 434 g/mol. The van der Waals surface area contributed by atoms with Crippen LogP contribution in [0.25, 0.3) is 0 Å². The summed E-state index contributed by atoms with van der Waals surface area (Å²) >= 11 is 12.1. The number of hydrogen-bond donors (Lipinski definition) is 1. The standard InChI is InChI=1S/C22H24Cl2N2O3/c23-14-5-8-17(16(24)10-14)25-20(27)11-3-6-15(7-4-11)26-21(28)18-12-1-2-13(9-12)19(18)22(26)29/h5,8,10-13,15,18-19H,1-4,6-7,9H2,(H,25,27). The van der Waals surface area contributed by atoms with E-state index in [0.29, 0.717) is 53.3 Å². The SMILES string of the molecule is O=C(Nc1ccc(Cl)cc1Cl)C1CCC(N2C(=O)C3C4CCC(C4)C3C2=O)CC1. The zero-order valence-corrected chi connectivity index (χ0v) is 17.6. The van der Waals surface area contributed by atoms with Crippen LogP contribution < -0.4 is 5.32 Å². The Kier molecular flexibility index (Phi) is 4.86. The highest BCUT2D eigenvalue weighted by atomic mass is 35.5. The van der Waals surface area contributed by atoms with Gasteiger partial charge in [0, 0.05) is 17.0 Å². The molecule has 4 aliphatic rings. The molecule has 3 amide bonds. The lowest BCUT2D eigenvalue weighted by Gasteiger charge is -2.33. The minimum Gasteiger partial charge on any atom is -0.325 e. The molecule has 1 N–H and O–H groups in total. The van der Waals surface area contributed by atoms with Crippen LogP contribution >= 0.6 is 23.2 Å². The van der Waals surface area contributed by atoms with Crippen LogP contribution in [0.5, 0.6) is 0 Å². The second kappa shape index (κ2) is 7.28. The largest absolute Gasteiger partial charge is 0.325 e. The van der Waals surface area contributed by atoms with Crippen molar-refractivity contribution < 1.29 is 14.4 Å². The molecule has 2 bridgehead atoms. The van der Waals surface area contributed by atoms with E-state index in [4.69, 9.17) is 23.2 Å². The first-order chi connectivity index (χ1) is 13.9. The molecule has 4 atom stereocenters. The smallest absolute Gasteiger partial charge is 0.233 e. The van der Waals surface area contributed by atoms with Crippen LogP contribution in [0.3, 0.4) is 0 Å². The number of benzene rings is 1. The maximum Gasteiger partial charge on any atom is 0.233 e. The molecule has 0 radical (unpaired) electrons. The Hall–Kier alpha value is -1.59. The highest BCUT2D eigenvalue weighted by Crippen LogP contribution is 2.56. The van der Waals surface area contributed by atoms with Crippen LogP contribution in [0.15, 0.2) is 18.2 Å². The maximum atomic E-state index is 13.0. The molecule has 29 heavy (non-hydrogen) atoms. The second-order valence-electron chi connectivity index (χ2n) is 9.05. The van der Waals surface area contributed by atoms with Gasteiger partial charge in [0.05, 0.1) is 22.5 Å².